The third-order valence-corrected chi connectivity index (χ3v) is 4.56. The second kappa shape index (κ2) is 6.06. The number of carbonyl (C=O) groups excluding carboxylic acids is 2. The van der Waals surface area contributed by atoms with Gasteiger partial charge in [-0.25, -0.2) is 0 Å². The molecule has 1 aliphatic rings. The van der Waals surface area contributed by atoms with E-state index in [-0.39, 0.29) is 18.4 Å². The van der Waals surface area contributed by atoms with Crippen molar-refractivity contribution in [2.45, 2.75) is 13.5 Å². The summed E-state index contributed by atoms with van der Waals surface area (Å²) in [6.45, 7) is 2.51. The number of hydrogen-bond acceptors (Lipinski definition) is 2. The Kier molecular flexibility index (Phi) is 3.73. The Morgan fingerprint density at radius 3 is 2.48 bits per heavy atom. The van der Waals surface area contributed by atoms with E-state index in [1.807, 2.05) is 67.6 Å². The van der Waals surface area contributed by atoms with Gasteiger partial charge in [0.1, 0.15) is 6.54 Å². The van der Waals surface area contributed by atoms with Crippen LogP contribution in [-0.4, -0.2) is 18.4 Å². The third-order valence-electron chi connectivity index (χ3n) is 4.56. The number of rotatable bonds is 4. The summed E-state index contributed by atoms with van der Waals surface area (Å²) in [4.78, 5) is 26.6. The minimum Gasteiger partial charge on any atom is -0.350 e. The first-order valence-corrected chi connectivity index (χ1v) is 8.29. The van der Waals surface area contributed by atoms with Crippen LogP contribution < -0.4 is 10.2 Å². The Labute approximate surface area is 146 Å². The topological polar surface area (TPSA) is 49.4 Å². The zero-order valence-electron chi connectivity index (χ0n) is 14.0. The minimum atomic E-state index is -0.168. The molecule has 3 aromatic carbocycles. The first-order chi connectivity index (χ1) is 12.1. The molecule has 4 rings (SSSR count). The van der Waals surface area contributed by atoms with Crippen molar-refractivity contribution in [1.29, 1.82) is 0 Å². The van der Waals surface area contributed by atoms with Crippen LogP contribution in [-0.2, 0) is 11.3 Å². The fraction of sp³-hybridized carbons (Fsp3) is 0.143. The lowest BCUT2D eigenvalue weighted by Crippen LogP contribution is -2.38. The number of nitrogens with zero attached hydrogens (tertiary/aromatic N) is 1. The predicted molar refractivity (Wildman–Crippen MR) is 98.7 cm³/mol. The molecule has 0 aliphatic carbocycles. The monoisotopic (exact) mass is 330 g/mol. The molecular formula is C21H18N2O2. The van der Waals surface area contributed by atoms with Crippen LogP contribution in [0.5, 0.6) is 0 Å². The molecule has 1 heterocycles. The highest BCUT2D eigenvalue weighted by Crippen LogP contribution is 2.36. The minimum absolute atomic E-state index is 0.0263. The normalized spacial score (nSPS) is 12.7. The number of amides is 2. The Bertz CT molecular complexity index is 972. The molecule has 124 valence electrons. The van der Waals surface area contributed by atoms with E-state index >= 15 is 0 Å². The summed E-state index contributed by atoms with van der Waals surface area (Å²) in [5.74, 6) is -0.281. The first kappa shape index (κ1) is 15.4. The van der Waals surface area contributed by atoms with Crippen molar-refractivity contribution in [3.05, 3.63) is 77.4 Å². The molecule has 2 amide bonds. The lowest BCUT2D eigenvalue weighted by atomic mass is 10.1. The summed E-state index contributed by atoms with van der Waals surface area (Å²) in [5.41, 5.74) is 3.70. The Morgan fingerprint density at radius 1 is 1.00 bits per heavy atom. The molecule has 0 saturated heterocycles. The van der Waals surface area contributed by atoms with E-state index in [0.717, 1.165) is 22.0 Å². The molecule has 1 aliphatic heterocycles. The molecule has 4 nitrogen and oxygen atoms in total. The molecule has 0 bridgehead atoms. The van der Waals surface area contributed by atoms with E-state index in [1.54, 1.807) is 4.90 Å². The fourth-order valence-electron chi connectivity index (χ4n) is 3.24. The number of carbonyl (C=O) groups is 2. The third kappa shape index (κ3) is 2.76. The quantitative estimate of drug-likeness (QED) is 0.797. The first-order valence-electron chi connectivity index (χ1n) is 8.29. The predicted octanol–water partition coefficient (Wildman–Crippen LogP) is 3.42. The second-order valence-corrected chi connectivity index (χ2v) is 6.33. The zero-order valence-corrected chi connectivity index (χ0v) is 14.0. The van der Waals surface area contributed by atoms with E-state index in [2.05, 4.69) is 5.32 Å². The van der Waals surface area contributed by atoms with E-state index in [1.165, 1.54) is 5.56 Å². The van der Waals surface area contributed by atoms with Gasteiger partial charge in [-0.2, -0.15) is 0 Å². The van der Waals surface area contributed by atoms with Gasteiger partial charge in [0, 0.05) is 17.5 Å². The van der Waals surface area contributed by atoms with Gasteiger partial charge in [0.15, 0.2) is 0 Å². The average Bonchev–Trinajstić information content (AvgIpc) is 2.89. The molecule has 0 radical (unpaired) electrons. The highest BCUT2D eigenvalue weighted by Gasteiger charge is 2.30. The summed E-state index contributed by atoms with van der Waals surface area (Å²) in [6.07, 6.45) is 0. The van der Waals surface area contributed by atoms with Gasteiger partial charge in [-0.15, -0.1) is 0 Å². The highest BCUT2D eigenvalue weighted by atomic mass is 16.2. The summed E-state index contributed by atoms with van der Waals surface area (Å²) in [7, 11) is 0. The molecule has 0 saturated carbocycles. The summed E-state index contributed by atoms with van der Waals surface area (Å²) < 4.78 is 0. The molecule has 0 unspecified atom stereocenters. The van der Waals surface area contributed by atoms with Crippen LogP contribution in [0.2, 0.25) is 0 Å². The lowest BCUT2D eigenvalue weighted by molar-refractivity contribution is -0.119. The van der Waals surface area contributed by atoms with Crippen molar-refractivity contribution in [2.75, 3.05) is 11.4 Å². The SMILES string of the molecule is Cc1ccc(CNC(=O)CN2C(=O)c3cccc4cccc2c34)cc1. The summed E-state index contributed by atoms with van der Waals surface area (Å²) >= 11 is 0. The van der Waals surface area contributed by atoms with Crippen LogP contribution in [0, 0.1) is 6.92 Å². The standard InChI is InChI=1S/C21H18N2O2/c1-14-8-10-15(11-9-14)12-22-19(24)13-23-18-7-3-5-16-4-2-6-17(20(16)18)21(23)25/h2-11H,12-13H2,1H3,(H,22,24). The van der Waals surface area contributed by atoms with Gasteiger partial charge in [0.2, 0.25) is 5.91 Å². The Balaban J connectivity index is 1.50. The van der Waals surface area contributed by atoms with Crippen LogP contribution in [0.15, 0.2) is 60.7 Å². The number of hydrogen-bond donors (Lipinski definition) is 1. The van der Waals surface area contributed by atoms with Crippen molar-refractivity contribution >= 4 is 28.3 Å². The van der Waals surface area contributed by atoms with E-state index < -0.39 is 0 Å². The maximum atomic E-state index is 12.7. The molecule has 0 spiro atoms. The smallest absolute Gasteiger partial charge is 0.259 e. The van der Waals surface area contributed by atoms with Gasteiger partial charge < -0.3 is 5.32 Å². The van der Waals surface area contributed by atoms with E-state index in [4.69, 9.17) is 0 Å². The van der Waals surface area contributed by atoms with Gasteiger partial charge in [0.25, 0.3) is 5.91 Å². The van der Waals surface area contributed by atoms with Crippen LogP contribution in [0.1, 0.15) is 21.5 Å². The van der Waals surface area contributed by atoms with Crippen LogP contribution in [0.3, 0.4) is 0 Å². The van der Waals surface area contributed by atoms with Gasteiger partial charge in [-0.3, -0.25) is 14.5 Å². The van der Waals surface area contributed by atoms with Crippen LogP contribution in [0.4, 0.5) is 5.69 Å². The Hall–Kier alpha value is -3.14. The fourth-order valence-corrected chi connectivity index (χ4v) is 3.24. The molecule has 25 heavy (non-hydrogen) atoms. The van der Waals surface area contributed by atoms with Crippen molar-refractivity contribution < 1.29 is 9.59 Å². The van der Waals surface area contributed by atoms with Gasteiger partial charge >= 0.3 is 0 Å². The molecule has 0 atom stereocenters. The van der Waals surface area contributed by atoms with Gasteiger partial charge in [-0.05, 0) is 30.0 Å². The van der Waals surface area contributed by atoms with Crippen molar-refractivity contribution in [2.24, 2.45) is 0 Å². The van der Waals surface area contributed by atoms with Crippen molar-refractivity contribution in [3.63, 3.8) is 0 Å². The van der Waals surface area contributed by atoms with Gasteiger partial charge in [-0.1, -0.05) is 54.1 Å². The molecule has 3 aromatic rings. The molecule has 0 aromatic heterocycles. The summed E-state index contributed by atoms with van der Waals surface area (Å²) in [6, 6.07) is 19.5. The van der Waals surface area contributed by atoms with E-state index in [9.17, 15) is 9.59 Å². The number of anilines is 1. The van der Waals surface area contributed by atoms with Crippen LogP contribution >= 0.6 is 0 Å². The van der Waals surface area contributed by atoms with E-state index in [0.29, 0.717) is 12.1 Å². The maximum absolute atomic E-state index is 12.7. The maximum Gasteiger partial charge on any atom is 0.259 e. The molecule has 4 heteroatoms. The second-order valence-electron chi connectivity index (χ2n) is 6.33. The van der Waals surface area contributed by atoms with Gasteiger partial charge in [0.05, 0.1) is 5.69 Å². The summed E-state index contributed by atoms with van der Waals surface area (Å²) in [5, 5.41) is 4.84. The average molecular weight is 330 g/mol. The zero-order chi connectivity index (χ0) is 17.4. The highest BCUT2D eigenvalue weighted by molar-refractivity contribution is 6.26. The molecular weight excluding hydrogens is 312 g/mol. The lowest BCUT2D eigenvalue weighted by Gasteiger charge is -2.17. The molecule has 1 N–H and O–H groups in total. The van der Waals surface area contributed by atoms with Crippen molar-refractivity contribution in [3.8, 4) is 0 Å². The number of benzene rings is 3. The number of nitrogens with one attached hydrogen (secondary N) is 1. The largest absolute Gasteiger partial charge is 0.350 e. The van der Waals surface area contributed by atoms with Crippen molar-refractivity contribution in [1.82, 2.24) is 5.32 Å². The van der Waals surface area contributed by atoms with Crippen LogP contribution in [0.25, 0.3) is 10.8 Å². The molecule has 0 fully saturated rings. The Morgan fingerprint density at radius 2 is 1.72 bits per heavy atom. The number of aryl methyl sites for hydroxylation is 1.